The largest absolute Gasteiger partial charge is 0.453 e. The maximum Gasteiger partial charge on any atom is 0.453 e. The van der Waals surface area contributed by atoms with E-state index in [1.54, 1.807) is 13.1 Å². The Morgan fingerprint density at radius 2 is 1.75 bits per heavy atom. The van der Waals surface area contributed by atoms with Crippen LogP contribution in [0.4, 0.5) is 38.0 Å². The number of hydrogen-bond acceptors (Lipinski definition) is 6. The van der Waals surface area contributed by atoms with Gasteiger partial charge in [0, 0.05) is 24.7 Å². The first-order valence-electron chi connectivity index (χ1n) is 12.4. The highest BCUT2D eigenvalue weighted by atomic mass is 19.4. The number of anilines is 2. The van der Waals surface area contributed by atoms with Gasteiger partial charge in [-0.1, -0.05) is 12.1 Å². The second-order valence-electron chi connectivity index (χ2n) is 10.2. The van der Waals surface area contributed by atoms with E-state index in [1.807, 2.05) is 0 Å². The van der Waals surface area contributed by atoms with E-state index in [-0.39, 0.29) is 46.0 Å². The Balaban J connectivity index is 1.44. The molecule has 1 saturated carbocycles. The lowest BCUT2D eigenvalue weighted by atomic mass is 9.78. The third-order valence-corrected chi connectivity index (χ3v) is 7.39. The molecule has 1 fully saturated rings. The normalized spacial score (nSPS) is 19.2. The second-order valence-corrected chi connectivity index (χ2v) is 10.2. The molecule has 4 heterocycles. The van der Waals surface area contributed by atoms with E-state index in [9.17, 15) is 31.1 Å². The fraction of sp³-hybridized carbons (Fsp3) is 0.346. The van der Waals surface area contributed by atoms with E-state index in [2.05, 4.69) is 25.3 Å². The topological polar surface area (TPSA) is 111 Å². The smallest absolute Gasteiger partial charge is 0.383 e. The number of carbonyl (C=O) groups is 1. The van der Waals surface area contributed by atoms with Crippen molar-refractivity contribution in [3.63, 3.8) is 0 Å². The zero-order valence-electron chi connectivity index (χ0n) is 20.9. The van der Waals surface area contributed by atoms with Crippen LogP contribution in [0.25, 0.3) is 17.2 Å². The van der Waals surface area contributed by atoms with Crippen LogP contribution in [0.3, 0.4) is 0 Å². The Morgan fingerprint density at radius 1 is 1.05 bits per heavy atom. The number of aromatic nitrogens is 5. The van der Waals surface area contributed by atoms with E-state index < -0.39 is 42.1 Å². The highest BCUT2D eigenvalue weighted by Crippen LogP contribution is 2.45. The zero-order chi connectivity index (χ0) is 28.6. The second kappa shape index (κ2) is 8.63. The minimum absolute atomic E-state index is 0.0386. The van der Waals surface area contributed by atoms with Gasteiger partial charge in [0.25, 0.3) is 0 Å². The van der Waals surface area contributed by atoms with Crippen LogP contribution in [0, 0.1) is 5.82 Å². The molecule has 1 atom stereocenters. The number of rotatable bonds is 6. The van der Waals surface area contributed by atoms with Gasteiger partial charge in [0.15, 0.2) is 11.5 Å². The number of nitrogen functional groups attached to an aromatic ring is 1. The third-order valence-electron chi connectivity index (χ3n) is 7.39. The predicted octanol–water partition coefficient (Wildman–Crippen LogP) is 5.17. The van der Waals surface area contributed by atoms with Crippen molar-refractivity contribution in [1.82, 2.24) is 24.3 Å². The Kier molecular flexibility index (Phi) is 5.62. The number of alkyl halides is 5. The Morgan fingerprint density at radius 3 is 2.40 bits per heavy atom. The molecule has 1 unspecified atom stereocenters. The molecule has 4 aromatic rings. The Bertz CT molecular complexity index is 1660. The van der Waals surface area contributed by atoms with Crippen molar-refractivity contribution >= 4 is 23.2 Å². The fourth-order valence-electron chi connectivity index (χ4n) is 4.93. The van der Waals surface area contributed by atoms with E-state index in [0.717, 1.165) is 12.8 Å². The molecule has 1 aliphatic heterocycles. The molecule has 14 heteroatoms. The van der Waals surface area contributed by atoms with Crippen molar-refractivity contribution in [2.45, 2.75) is 56.0 Å². The summed E-state index contributed by atoms with van der Waals surface area (Å²) < 4.78 is 81.1. The lowest BCUT2D eigenvalue weighted by molar-refractivity contribution is -0.284. The number of halogens is 6. The number of benzene rings is 1. The number of fused-ring (bicyclic) bond motifs is 2. The molecule has 3 N–H and O–H groups in total. The first-order valence-corrected chi connectivity index (χ1v) is 12.4. The molecule has 8 nitrogen and oxygen atoms in total. The van der Waals surface area contributed by atoms with Crippen LogP contribution in [0.2, 0.25) is 0 Å². The van der Waals surface area contributed by atoms with Gasteiger partial charge in [0.05, 0.1) is 17.0 Å². The van der Waals surface area contributed by atoms with Crippen molar-refractivity contribution in [3.05, 3.63) is 65.0 Å². The summed E-state index contributed by atoms with van der Waals surface area (Å²) in [7, 11) is 0. The molecule has 1 amide bonds. The monoisotopic (exact) mass is 561 g/mol. The molecular weight excluding hydrogens is 540 g/mol. The van der Waals surface area contributed by atoms with Crippen molar-refractivity contribution in [1.29, 1.82) is 0 Å². The number of carbonyl (C=O) groups excluding carboxylic acids is 1. The molecule has 3 aromatic heterocycles. The van der Waals surface area contributed by atoms with Crippen LogP contribution < -0.4 is 11.1 Å². The summed E-state index contributed by atoms with van der Waals surface area (Å²) in [6.07, 6.45) is -3.00. The number of imidazole rings is 1. The van der Waals surface area contributed by atoms with Gasteiger partial charge in [-0.15, -0.1) is 0 Å². The molecule has 208 valence electrons. The number of amides is 1. The number of hydrogen-bond donors (Lipinski definition) is 2. The van der Waals surface area contributed by atoms with Gasteiger partial charge in [-0.25, -0.2) is 24.3 Å². The van der Waals surface area contributed by atoms with Gasteiger partial charge in [0.2, 0.25) is 5.91 Å². The van der Waals surface area contributed by atoms with Gasteiger partial charge in [-0.3, -0.25) is 4.79 Å². The SMILES string of the molecule is CC1(c2ccc(F)cc2)C(=O)Nc2nc(-c3cn4cc(C5CC5)nc4c(CCC(F)(F)C(F)(F)F)n3)nc(N)c21. The van der Waals surface area contributed by atoms with Crippen LogP contribution in [0.15, 0.2) is 36.7 Å². The van der Waals surface area contributed by atoms with Crippen molar-refractivity contribution in [3.8, 4) is 11.5 Å². The quantitative estimate of drug-likeness (QED) is 0.314. The van der Waals surface area contributed by atoms with E-state index in [0.29, 0.717) is 11.3 Å². The average Bonchev–Trinajstić information content (AvgIpc) is 3.58. The number of nitrogens with zero attached hydrogens (tertiary/aromatic N) is 5. The maximum absolute atomic E-state index is 13.8. The van der Waals surface area contributed by atoms with Gasteiger partial charge in [-0.05, 0) is 43.9 Å². The van der Waals surface area contributed by atoms with Crippen molar-refractivity contribution in [2.75, 3.05) is 11.1 Å². The summed E-state index contributed by atoms with van der Waals surface area (Å²) in [5.41, 5.74) is 6.47. The molecule has 2 aliphatic rings. The predicted molar refractivity (Wildman–Crippen MR) is 131 cm³/mol. The van der Waals surface area contributed by atoms with E-state index in [1.165, 1.54) is 34.9 Å². The fourth-order valence-corrected chi connectivity index (χ4v) is 4.93. The van der Waals surface area contributed by atoms with Crippen LogP contribution in [-0.4, -0.2) is 42.3 Å². The zero-order valence-corrected chi connectivity index (χ0v) is 20.9. The highest BCUT2D eigenvalue weighted by Gasteiger charge is 2.56. The number of aryl methyl sites for hydroxylation is 1. The molecule has 0 saturated heterocycles. The van der Waals surface area contributed by atoms with Crippen molar-refractivity contribution in [2.24, 2.45) is 0 Å². The molecular formula is C26H21F6N7O. The van der Waals surface area contributed by atoms with E-state index in [4.69, 9.17) is 5.73 Å². The molecule has 1 aliphatic carbocycles. The van der Waals surface area contributed by atoms with Crippen LogP contribution in [0.1, 0.15) is 54.6 Å². The van der Waals surface area contributed by atoms with Gasteiger partial charge in [0.1, 0.15) is 28.6 Å². The van der Waals surface area contributed by atoms with Crippen molar-refractivity contribution < 1.29 is 31.1 Å². The van der Waals surface area contributed by atoms with Gasteiger partial charge in [-0.2, -0.15) is 22.0 Å². The average molecular weight is 561 g/mol. The molecule has 6 rings (SSSR count). The maximum atomic E-state index is 13.8. The summed E-state index contributed by atoms with van der Waals surface area (Å²) in [5, 5.41) is 2.66. The summed E-state index contributed by atoms with van der Waals surface area (Å²) in [6.45, 7) is 1.59. The van der Waals surface area contributed by atoms with Crippen LogP contribution >= 0.6 is 0 Å². The van der Waals surface area contributed by atoms with Crippen LogP contribution in [0.5, 0.6) is 0 Å². The molecule has 40 heavy (non-hydrogen) atoms. The summed E-state index contributed by atoms with van der Waals surface area (Å²) in [4.78, 5) is 30.6. The Hall–Kier alpha value is -4.23. The Labute approximate surface area is 222 Å². The summed E-state index contributed by atoms with van der Waals surface area (Å²) >= 11 is 0. The standard InChI is InChI=1S/C26H21F6N7O/c1-24(13-4-6-14(27)7-5-13)18-19(33)36-20(37-21(18)38-23(24)40)17-11-39-10-16(12-2-3-12)35-22(39)15(34-17)8-9-25(28,29)26(30,31)32/h4-7,10-12H,2-3,8-9H2,1H3,(H3,33,36,37,38,40). The highest BCUT2D eigenvalue weighted by molar-refractivity contribution is 6.09. The first-order chi connectivity index (χ1) is 18.8. The van der Waals surface area contributed by atoms with E-state index >= 15 is 0 Å². The summed E-state index contributed by atoms with van der Waals surface area (Å²) in [6, 6.07) is 5.32. The van der Waals surface area contributed by atoms with Gasteiger partial charge < -0.3 is 15.5 Å². The van der Waals surface area contributed by atoms with Gasteiger partial charge >= 0.3 is 12.1 Å². The lowest BCUT2D eigenvalue weighted by Crippen LogP contribution is -2.36. The molecule has 0 spiro atoms. The lowest BCUT2D eigenvalue weighted by Gasteiger charge is -2.23. The number of nitrogens with one attached hydrogen (secondary N) is 1. The molecule has 0 radical (unpaired) electrons. The number of nitrogens with two attached hydrogens (primary N) is 1. The molecule has 0 bridgehead atoms. The minimum atomic E-state index is -5.71. The third kappa shape index (κ3) is 4.12. The molecule has 1 aromatic carbocycles. The van der Waals surface area contributed by atoms with Crippen LogP contribution in [-0.2, 0) is 16.6 Å². The first kappa shape index (κ1) is 26.0. The minimum Gasteiger partial charge on any atom is -0.383 e. The summed E-state index contributed by atoms with van der Waals surface area (Å²) in [5.74, 6) is -5.78.